The highest BCUT2D eigenvalue weighted by molar-refractivity contribution is 7.08. The van der Waals surface area contributed by atoms with Gasteiger partial charge in [-0.25, -0.2) is 0 Å². The lowest BCUT2D eigenvalue weighted by Gasteiger charge is -2.45. The van der Waals surface area contributed by atoms with E-state index in [2.05, 4.69) is 11.9 Å². The first-order valence-corrected chi connectivity index (χ1v) is 7.33. The molecule has 1 aromatic rings. The molecule has 0 N–H and O–H groups in total. The molecule has 0 spiro atoms. The largest absolute Gasteiger partial charge is 0.375 e. The molecule has 2 fully saturated rings. The van der Waals surface area contributed by atoms with E-state index in [1.54, 1.807) is 11.3 Å². The van der Waals surface area contributed by atoms with E-state index in [1.165, 1.54) is 0 Å². The van der Waals surface area contributed by atoms with Gasteiger partial charge in [0.05, 0.1) is 24.3 Å². The molecule has 0 unspecified atom stereocenters. The predicted molar refractivity (Wildman–Crippen MR) is 71.0 cm³/mol. The monoisotopic (exact) mass is 266 g/mol. The zero-order valence-electron chi connectivity index (χ0n) is 10.5. The van der Waals surface area contributed by atoms with E-state index in [4.69, 9.17) is 4.74 Å². The summed E-state index contributed by atoms with van der Waals surface area (Å²) in [7, 11) is 2.12. The third kappa shape index (κ3) is 2.18. The number of likely N-dealkylation sites (N-methyl/N-ethyl adjacent to an activating group) is 1. The topological polar surface area (TPSA) is 32.8 Å². The molecule has 3 rings (SSSR count). The summed E-state index contributed by atoms with van der Waals surface area (Å²) >= 11 is 1.57. The number of rotatable bonds is 1. The Labute approximate surface area is 111 Å². The van der Waals surface area contributed by atoms with Crippen LogP contribution in [-0.2, 0) is 4.74 Å². The number of fused-ring (bicyclic) bond motifs is 1. The van der Waals surface area contributed by atoms with Crippen LogP contribution in [0.4, 0.5) is 0 Å². The number of likely N-dealkylation sites (tertiary alicyclic amines) is 1. The van der Waals surface area contributed by atoms with E-state index in [0.29, 0.717) is 12.1 Å². The number of carbonyl (C=O) groups excluding carboxylic acids is 1. The van der Waals surface area contributed by atoms with Crippen LogP contribution in [0, 0.1) is 0 Å². The van der Waals surface area contributed by atoms with Crippen molar-refractivity contribution in [2.45, 2.75) is 18.6 Å². The molecule has 0 bridgehead atoms. The SMILES string of the molecule is CN1CCO[C@H]2CCN(C(=O)c3ccsc3)C[C@@H]21. The molecular weight excluding hydrogens is 248 g/mol. The Morgan fingerprint density at radius 1 is 1.50 bits per heavy atom. The maximum Gasteiger partial charge on any atom is 0.254 e. The highest BCUT2D eigenvalue weighted by Crippen LogP contribution is 2.23. The number of hydrogen-bond donors (Lipinski definition) is 0. The summed E-state index contributed by atoms with van der Waals surface area (Å²) in [6.07, 6.45) is 1.25. The second-order valence-electron chi connectivity index (χ2n) is 5.01. The maximum atomic E-state index is 12.3. The summed E-state index contributed by atoms with van der Waals surface area (Å²) in [4.78, 5) is 16.6. The Kier molecular flexibility index (Phi) is 3.37. The minimum atomic E-state index is 0.161. The van der Waals surface area contributed by atoms with Crippen molar-refractivity contribution in [3.8, 4) is 0 Å². The van der Waals surface area contributed by atoms with Crippen molar-refractivity contribution in [3.63, 3.8) is 0 Å². The molecule has 18 heavy (non-hydrogen) atoms. The Bertz CT molecular complexity index is 421. The average molecular weight is 266 g/mol. The highest BCUT2D eigenvalue weighted by atomic mass is 32.1. The van der Waals surface area contributed by atoms with E-state index < -0.39 is 0 Å². The molecule has 98 valence electrons. The van der Waals surface area contributed by atoms with Gasteiger partial charge in [0, 0.05) is 25.0 Å². The molecule has 2 aliphatic rings. The van der Waals surface area contributed by atoms with Crippen LogP contribution in [0.1, 0.15) is 16.8 Å². The molecule has 2 saturated heterocycles. The van der Waals surface area contributed by atoms with Crippen molar-refractivity contribution in [1.82, 2.24) is 9.80 Å². The summed E-state index contributed by atoms with van der Waals surface area (Å²) in [6, 6.07) is 2.26. The smallest absolute Gasteiger partial charge is 0.254 e. The molecule has 4 nitrogen and oxygen atoms in total. The summed E-state index contributed by atoms with van der Waals surface area (Å²) in [5.41, 5.74) is 0.817. The summed E-state index contributed by atoms with van der Waals surface area (Å²) in [5, 5.41) is 3.88. The van der Waals surface area contributed by atoms with Gasteiger partial charge in [0.1, 0.15) is 0 Å². The van der Waals surface area contributed by atoms with E-state index in [9.17, 15) is 4.79 Å². The molecule has 1 amide bonds. The van der Waals surface area contributed by atoms with Gasteiger partial charge in [0.2, 0.25) is 0 Å². The van der Waals surface area contributed by atoms with Crippen LogP contribution in [0.25, 0.3) is 0 Å². The predicted octanol–water partition coefficient (Wildman–Crippen LogP) is 1.29. The van der Waals surface area contributed by atoms with Crippen molar-refractivity contribution in [1.29, 1.82) is 0 Å². The quantitative estimate of drug-likeness (QED) is 0.768. The number of ether oxygens (including phenoxy) is 1. The van der Waals surface area contributed by atoms with Crippen LogP contribution < -0.4 is 0 Å². The third-order valence-electron chi connectivity index (χ3n) is 3.92. The second kappa shape index (κ2) is 4.99. The lowest BCUT2D eigenvalue weighted by molar-refractivity contribution is -0.0893. The molecular formula is C13H18N2O2S. The van der Waals surface area contributed by atoms with Gasteiger partial charge >= 0.3 is 0 Å². The molecule has 0 saturated carbocycles. The molecule has 2 atom stereocenters. The molecule has 2 aliphatic heterocycles. The second-order valence-corrected chi connectivity index (χ2v) is 5.79. The van der Waals surface area contributed by atoms with Crippen molar-refractivity contribution in [2.24, 2.45) is 0 Å². The van der Waals surface area contributed by atoms with Crippen LogP contribution in [0.2, 0.25) is 0 Å². The van der Waals surface area contributed by atoms with Gasteiger partial charge < -0.3 is 9.64 Å². The molecule has 0 aromatic carbocycles. The molecule has 0 aliphatic carbocycles. The van der Waals surface area contributed by atoms with Crippen molar-refractivity contribution >= 4 is 17.2 Å². The first-order valence-electron chi connectivity index (χ1n) is 6.39. The Morgan fingerprint density at radius 2 is 2.39 bits per heavy atom. The maximum absolute atomic E-state index is 12.3. The molecule has 0 radical (unpaired) electrons. The number of thiophene rings is 1. The standard InChI is InChI=1S/C13H18N2O2S/c1-14-5-6-17-12-2-4-15(8-11(12)14)13(16)10-3-7-18-9-10/h3,7,9,11-12H,2,4-6,8H2,1H3/t11-,12-/m0/s1. The number of hydrogen-bond acceptors (Lipinski definition) is 4. The zero-order valence-corrected chi connectivity index (χ0v) is 11.4. The lowest BCUT2D eigenvalue weighted by Crippen LogP contribution is -2.59. The van der Waals surface area contributed by atoms with E-state index in [0.717, 1.165) is 38.2 Å². The molecule has 5 heteroatoms. The first kappa shape index (κ1) is 12.1. The van der Waals surface area contributed by atoms with Crippen molar-refractivity contribution in [3.05, 3.63) is 22.4 Å². The number of morpholine rings is 1. The van der Waals surface area contributed by atoms with Crippen molar-refractivity contribution < 1.29 is 9.53 Å². The number of piperidine rings is 1. The summed E-state index contributed by atoms with van der Waals surface area (Å²) < 4.78 is 5.79. The van der Waals surface area contributed by atoms with Gasteiger partial charge in [-0.2, -0.15) is 11.3 Å². The minimum absolute atomic E-state index is 0.161. The van der Waals surface area contributed by atoms with Crippen LogP contribution in [0.5, 0.6) is 0 Å². The van der Waals surface area contributed by atoms with Crippen molar-refractivity contribution in [2.75, 3.05) is 33.3 Å². The third-order valence-corrected chi connectivity index (χ3v) is 4.60. The van der Waals surface area contributed by atoms with Crippen LogP contribution >= 0.6 is 11.3 Å². The number of carbonyl (C=O) groups is 1. The van der Waals surface area contributed by atoms with Gasteiger partial charge in [-0.3, -0.25) is 9.69 Å². The van der Waals surface area contributed by atoms with E-state index in [1.807, 2.05) is 21.7 Å². The van der Waals surface area contributed by atoms with Gasteiger partial charge in [0.15, 0.2) is 0 Å². The molecule has 1 aromatic heterocycles. The van der Waals surface area contributed by atoms with Crippen LogP contribution in [0.3, 0.4) is 0 Å². The van der Waals surface area contributed by atoms with Crippen LogP contribution in [0.15, 0.2) is 16.8 Å². The van der Waals surface area contributed by atoms with E-state index in [-0.39, 0.29) is 5.91 Å². The van der Waals surface area contributed by atoms with Gasteiger partial charge in [0.25, 0.3) is 5.91 Å². The normalized spacial score (nSPS) is 29.1. The first-order chi connectivity index (χ1) is 8.75. The Morgan fingerprint density at radius 3 is 3.17 bits per heavy atom. The fourth-order valence-corrected chi connectivity index (χ4v) is 3.42. The fraction of sp³-hybridized carbons (Fsp3) is 0.615. The van der Waals surface area contributed by atoms with Crippen LogP contribution in [-0.4, -0.2) is 61.1 Å². The summed E-state index contributed by atoms with van der Waals surface area (Å²) in [6.45, 7) is 3.37. The van der Waals surface area contributed by atoms with Gasteiger partial charge in [-0.1, -0.05) is 0 Å². The number of amides is 1. The molecule has 3 heterocycles. The Balaban J connectivity index is 1.71. The minimum Gasteiger partial charge on any atom is -0.375 e. The average Bonchev–Trinajstić information content (AvgIpc) is 2.92. The Hall–Kier alpha value is -0.910. The van der Waals surface area contributed by atoms with E-state index >= 15 is 0 Å². The van der Waals surface area contributed by atoms with Gasteiger partial charge in [-0.15, -0.1) is 0 Å². The summed E-state index contributed by atoms with van der Waals surface area (Å²) in [5.74, 6) is 0.161. The number of nitrogens with zero attached hydrogens (tertiary/aromatic N) is 2. The fourth-order valence-electron chi connectivity index (χ4n) is 2.79. The van der Waals surface area contributed by atoms with Gasteiger partial charge in [-0.05, 0) is 24.9 Å². The lowest BCUT2D eigenvalue weighted by atomic mass is 9.99. The zero-order chi connectivity index (χ0) is 12.5. The highest BCUT2D eigenvalue weighted by Gasteiger charge is 2.36.